The summed E-state index contributed by atoms with van der Waals surface area (Å²) < 4.78 is 23.8. The highest BCUT2D eigenvalue weighted by Gasteiger charge is 2.47. The fraction of sp³-hybridized carbons (Fsp3) is 0.310. The van der Waals surface area contributed by atoms with E-state index in [0.29, 0.717) is 0 Å². The van der Waals surface area contributed by atoms with Gasteiger partial charge in [-0.2, -0.15) is 0 Å². The first-order valence-corrected chi connectivity index (χ1v) is 11.7. The Labute approximate surface area is 206 Å². The molecule has 6 heteroatoms. The molecule has 1 fully saturated rings. The molecule has 3 aromatic rings. The topological polar surface area (TPSA) is 77.4 Å². The van der Waals surface area contributed by atoms with Crippen molar-refractivity contribution in [3.63, 3.8) is 0 Å². The van der Waals surface area contributed by atoms with Crippen molar-refractivity contribution >= 4 is 0 Å². The maximum absolute atomic E-state index is 10.9. The molecule has 0 aliphatic carbocycles. The molecular weight excluding hydrogens is 444 g/mol. The van der Waals surface area contributed by atoms with Crippen molar-refractivity contribution in [3.05, 3.63) is 120 Å². The molecule has 0 bridgehead atoms. The van der Waals surface area contributed by atoms with Crippen molar-refractivity contribution in [3.8, 4) is 0 Å². The minimum absolute atomic E-state index is 0.00898. The zero-order valence-electron chi connectivity index (χ0n) is 19.8. The molecule has 0 aromatic heterocycles. The van der Waals surface area contributed by atoms with Crippen LogP contribution in [-0.4, -0.2) is 61.2 Å². The number of aliphatic hydroxyl groups excluding tert-OH is 2. The predicted molar refractivity (Wildman–Crippen MR) is 133 cm³/mol. The smallest absolute Gasteiger partial charge is 0.186 e. The van der Waals surface area contributed by atoms with Crippen LogP contribution in [0.1, 0.15) is 16.7 Å². The normalized spacial score (nSPS) is 24.7. The number of benzene rings is 3. The predicted octanol–water partition coefficient (Wildman–Crippen LogP) is 3.66. The quantitative estimate of drug-likeness (QED) is 0.344. The fourth-order valence-electron chi connectivity index (χ4n) is 4.57. The lowest BCUT2D eigenvalue weighted by molar-refractivity contribution is -0.306. The van der Waals surface area contributed by atoms with E-state index in [2.05, 4.69) is 6.58 Å². The third-order valence-corrected chi connectivity index (χ3v) is 6.29. The minimum atomic E-state index is -1.24. The summed E-state index contributed by atoms with van der Waals surface area (Å²) in [6.07, 6.45) is -3.48. The molecule has 1 saturated heterocycles. The van der Waals surface area contributed by atoms with Crippen molar-refractivity contribution in [1.29, 1.82) is 0 Å². The highest BCUT2D eigenvalue weighted by molar-refractivity contribution is 5.47. The zero-order chi connectivity index (χ0) is 24.7. The van der Waals surface area contributed by atoms with Gasteiger partial charge in [-0.15, -0.1) is 6.58 Å². The van der Waals surface area contributed by atoms with E-state index in [-0.39, 0.29) is 13.2 Å². The highest BCUT2D eigenvalue weighted by Crippen LogP contribution is 2.41. The number of aliphatic hydroxyl groups is 2. The lowest BCUT2D eigenvalue weighted by atomic mass is 9.80. The largest absolute Gasteiger partial charge is 0.387 e. The van der Waals surface area contributed by atoms with Crippen LogP contribution in [-0.2, 0) is 24.5 Å². The van der Waals surface area contributed by atoms with Crippen LogP contribution in [0.2, 0.25) is 0 Å². The van der Waals surface area contributed by atoms with Crippen LogP contribution in [0.15, 0.2) is 104 Å². The van der Waals surface area contributed by atoms with Gasteiger partial charge in [0.1, 0.15) is 30.0 Å². The Morgan fingerprint density at radius 3 is 1.74 bits per heavy atom. The number of hydrogen-bond acceptors (Lipinski definition) is 6. The Bertz CT molecular complexity index is 944. The minimum Gasteiger partial charge on any atom is -0.387 e. The van der Waals surface area contributed by atoms with Gasteiger partial charge in [-0.25, -0.2) is 0 Å². The van der Waals surface area contributed by atoms with E-state index in [0.717, 1.165) is 16.7 Å². The van der Waals surface area contributed by atoms with E-state index >= 15 is 0 Å². The first kappa shape index (κ1) is 25.3. The molecule has 184 valence electrons. The highest BCUT2D eigenvalue weighted by atomic mass is 16.7. The summed E-state index contributed by atoms with van der Waals surface area (Å²) in [6.45, 7) is 3.81. The van der Waals surface area contributed by atoms with Gasteiger partial charge in [0, 0.05) is 7.11 Å². The molecule has 0 radical (unpaired) electrons. The van der Waals surface area contributed by atoms with E-state index in [4.69, 9.17) is 18.9 Å². The molecule has 6 nitrogen and oxygen atoms in total. The molecule has 3 aromatic carbocycles. The molecule has 2 N–H and O–H groups in total. The molecule has 0 saturated carbocycles. The van der Waals surface area contributed by atoms with E-state index in [9.17, 15) is 10.2 Å². The summed E-state index contributed by atoms with van der Waals surface area (Å²) in [7, 11) is 1.47. The second-order valence-corrected chi connectivity index (χ2v) is 8.44. The van der Waals surface area contributed by atoms with Crippen LogP contribution in [0, 0.1) is 0 Å². The van der Waals surface area contributed by atoms with Gasteiger partial charge in [-0.1, -0.05) is 97.1 Å². The molecule has 0 amide bonds. The monoisotopic (exact) mass is 476 g/mol. The van der Waals surface area contributed by atoms with Gasteiger partial charge in [0.15, 0.2) is 6.29 Å². The van der Waals surface area contributed by atoms with Gasteiger partial charge in [0.05, 0.1) is 13.2 Å². The molecule has 0 unspecified atom stereocenters. The van der Waals surface area contributed by atoms with Gasteiger partial charge in [-0.05, 0) is 16.7 Å². The molecule has 4 rings (SSSR count). The molecule has 1 heterocycles. The number of ether oxygens (including phenoxy) is 4. The maximum Gasteiger partial charge on any atom is 0.186 e. The summed E-state index contributed by atoms with van der Waals surface area (Å²) in [5.74, 6) is 0. The number of hydrogen-bond donors (Lipinski definition) is 2. The second kappa shape index (κ2) is 11.7. The first-order chi connectivity index (χ1) is 17.1. The summed E-state index contributed by atoms with van der Waals surface area (Å²) in [4.78, 5) is 0. The molecule has 35 heavy (non-hydrogen) atoms. The summed E-state index contributed by atoms with van der Waals surface area (Å²) >= 11 is 0. The van der Waals surface area contributed by atoms with E-state index < -0.39 is 36.3 Å². The van der Waals surface area contributed by atoms with Crippen LogP contribution in [0.25, 0.3) is 0 Å². The van der Waals surface area contributed by atoms with Crippen LogP contribution in [0.5, 0.6) is 0 Å². The van der Waals surface area contributed by atoms with Gasteiger partial charge in [0.25, 0.3) is 0 Å². The van der Waals surface area contributed by atoms with Gasteiger partial charge in [-0.3, -0.25) is 0 Å². The summed E-state index contributed by atoms with van der Waals surface area (Å²) in [5, 5.41) is 21.7. The van der Waals surface area contributed by atoms with Crippen LogP contribution in [0.3, 0.4) is 0 Å². The Morgan fingerprint density at radius 2 is 1.31 bits per heavy atom. The standard InChI is InChI=1S/C29H32O6/c1-3-19-33-27-26(31)25(30)24(35-28(27)32-2)20-34-29(21-13-7-4-8-14-21,22-15-9-5-10-16-22)23-17-11-6-12-18-23/h3-18,24-28,30-31H,1,19-20H2,2H3/t24-,25-,26-,27-,28+/m1/s1. The van der Waals surface area contributed by atoms with E-state index in [1.165, 1.54) is 7.11 Å². The summed E-state index contributed by atoms with van der Waals surface area (Å²) in [6, 6.07) is 29.8. The van der Waals surface area contributed by atoms with Crippen molar-refractivity contribution in [2.45, 2.75) is 36.3 Å². The zero-order valence-corrected chi connectivity index (χ0v) is 19.8. The molecule has 1 aliphatic rings. The van der Waals surface area contributed by atoms with Crippen molar-refractivity contribution in [1.82, 2.24) is 0 Å². The first-order valence-electron chi connectivity index (χ1n) is 11.7. The van der Waals surface area contributed by atoms with Crippen molar-refractivity contribution in [2.75, 3.05) is 20.3 Å². The second-order valence-electron chi connectivity index (χ2n) is 8.44. The molecule has 1 aliphatic heterocycles. The SMILES string of the molecule is C=CCO[C@H]1[C@@H](OC)O[C@H](COC(c2ccccc2)(c2ccccc2)c2ccccc2)[C@@H](O)[C@H]1O. The van der Waals surface area contributed by atoms with Crippen LogP contribution < -0.4 is 0 Å². The molecule has 5 atom stereocenters. The van der Waals surface area contributed by atoms with E-state index in [1.807, 2.05) is 91.0 Å². The Hall–Kier alpha value is -2.84. The fourth-order valence-corrected chi connectivity index (χ4v) is 4.57. The van der Waals surface area contributed by atoms with Crippen LogP contribution >= 0.6 is 0 Å². The lowest BCUT2D eigenvalue weighted by Crippen LogP contribution is -2.60. The lowest BCUT2D eigenvalue weighted by Gasteiger charge is -2.43. The van der Waals surface area contributed by atoms with Gasteiger partial charge in [0.2, 0.25) is 0 Å². The van der Waals surface area contributed by atoms with Crippen molar-refractivity contribution < 1.29 is 29.2 Å². The van der Waals surface area contributed by atoms with Crippen molar-refractivity contribution in [2.24, 2.45) is 0 Å². The summed E-state index contributed by atoms with van der Waals surface area (Å²) in [5.41, 5.74) is 1.81. The van der Waals surface area contributed by atoms with E-state index in [1.54, 1.807) is 6.08 Å². The Kier molecular flexibility index (Phi) is 8.46. The van der Waals surface area contributed by atoms with Crippen LogP contribution in [0.4, 0.5) is 0 Å². The number of rotatable bonds is 10. The Balaban J connectivity index is 1.70. The van der Waals surface area contributed by atoms with Gasteiger partial charge >= 0.3 is 0 Å². The maximum atomic E-state index is 10.9. The average molecular weight is 477 g/mol. The molecule has 0 spiro atoms. The van der Waals surface area contributed by atoms with Gasteiger partial charge < -0.3 is 29.2 Å². The third-order valence-electron chi connectivity index (χ3n) is 6.29. The Morgan fingerprint density at radius 1 is 0.829 bits per heavy atom. The third kappa shape index (κ3) is 5.23. The number of methoxy groups -OCH3 is 1. The average Bonchev–Trinajstić information content (AvgIpc) is 2.92. The molecular formula is C29H32O6.